The summed E-state index contributed by atoms with van der Waals surface area (Å²) in [5, 5.41) is 0. The van der Waals surface area contributed by atoms with Gasteiger partial charge in [-0.3, -0.25) is 9.59 Å². The quantitative estimate of drug-likeness (QED) is 0.0679. The van der Waals surface area contributed by atoms with E-state index >= 15 is 0 Å². The number of carbonyl (C=O) groups excluding carboxylic acids is 3. The van der Waals surface area contributed by atoms with Crippen molar-refractivity contribution < 1.29 is 23.9 Å². The molecule has 0 atom stereocenters. The highest BCUT2D eigenvalue weighted by atomic mass is 16.7. The average Bonchev–Trinajstić information content (AvgIpc) is 3.24. The van der Waals surface area contributed by atoms with E-state index < -0.39 is 11.8 Å². The van der Waals surface area contributed by atoms with Crippen LogP contribution in [0.15, 0.2) is 60.7 Å². The summed E-state index contributed by atoms with van der Waals surface area (Å²) in [6, 6.07) is 19.3. The van der Waals surface area contributed by atoms with Crippen molar-refractivity contribution >= 4 is 17.5 Å². The van der Waals surface area contributed by atoms with Crippen LogP contribution in [0.4, 0.5) is 0 Å². The molecule has 4 rings (SSSR count). The van der Waals surface area contributed by atoms with Gasteiger partial charge in [0.2, 0.25) is 0 Å². The molecule has 0 amide bonds. The summed E-state index contributed by atoms with van der Waals surface area (Å²) in [6.45, 7) is 12.5. The molecule has 0 spiro atoms. The summed E-state index contributed by atoms with van der Waals surface area (Å²) < 4.78 is 10.6. The molecule has 222 valence electrons. The van der Waals surface area contributed by atoms with Gasteiger partial charge in [-0.2, -0.15) is 0 Å². The van der Waals surface area contributed by atoms with Crippen molar-refractivity contribution in [3.05, 3.63) is 94.0 Å². The molecule has 0 radical (unpaired) electrons. The molecule has 42 heavy (non-hydrogen) atoms. The maximum atomic E-state index is 13.7. The maximum Gasteiger partial charge on any atom is 0.381 e. The van der Waals surface area contributed by atoms with E-state index in [0.29, 0.717) is 23.3 Å². The molecule has 0 saturated heterocycles. The SMILES string of the molecule is CCCCC1(CCCC)c2cc(C(=O)C(=O)OCOCC(C)(C)C)ccc2-c2ccc(C(=O)c3ccccc3C)cc21. The third kappa shape index (κ3) is 6.57. The Hall–Kier alpha value is -3.57. The number of hydrogen-bond acceptors (Lipinski definition) is 5. The van der Waals surface area contributed by atoms with Crippen molar-refractivity contribution in [3.8, 4) is 11.1 Å². The summed E-state index contributed by atoms with van der Waals surface area (Å²) in [5.41, 5.74) is 6.57. The Morgan fingerprint density at radius 2 is 1.36 bits per heavy atom. The average molecular weight is 569 g/mol. The summed E-state index contributed by atoms with van der Waals surface area (Å²) in [4.78, 5) is 39.5. The Morgan fingerprint density at radius 3 is 1.93 bits per heavy atom. The molecule has 1 aliphatic carbocycles. The number of benzene rings is 3. The Balaban J connectivity index is 1.73. The van der Waals surface area contributed by atoms with Crippen LogP contribution in [-0.2, 0) is 19.7 Å². The van der Waals surface area contributed by atoms with Gasteiger partial charge in [0.25, 0.3) is 5.78 Å². The van der Waals surface area contributed by atoms with E-state index in [1.165, 1.54) is 0 Å². The highest BCUT2D eigenvalue weighted by Gasteiger charge is 2.43. The minimum Gasteiger partial charge on any atom is -0.432 e. The van der Waals surface area contributed by atoms with Crippen LogP contribution in [0.1, 0.15) is 116 Å². The minimum atomic E-state index is -0.918. The number of aryl methyl sites for hydroxylation is 1. The van der Waals surface area contributed by atoms with Gasteiger partial charge in [-0.15, -0.1) is 0 Å². The van der Waals surface area contributed by atoms with Gasteiger partial charge in [0, 0.05) is 22.1 Å². The second-order valence-electron chi connectivity index (χ2n) is 12.7. The highest BCUT2D eigenvalue weighted by Crippen LogP contribution is 2.54. The van der Waals surface area contributed by atoms with Gasteiger partial charge in [-0.05, 0) is 65.1 Å². The molecule has 3 aromatic rings. The predicted octanol–water partition coefficient (Wildman–Crippen LogP) is 8.62. The van der Waals surface area contributed by atoms with Crippen molar-refractivity contribution in [2.24, 2.45) is 5.41 Å². The van der Waals surface area contributed by atoms with Crippen LogP contribution >= 0.6 is 0 Å². The lowest BCUT2D eigenvalue weighted by Gasteiger charge is -2.33. The van der Waals surface area contributed by atoms with E-state index in [1.54, 1.807) is 6.07 Å². The molecule has 0 unspecified atom stereocenters. The van der Waals surface area contributed by atoms with Gasteiger partial charge >= 0.3 is 5.97 Å². The summed E-state index contributed by atoms with van der Waals surface area (Å²) >= 11 is 0. The van der Waals surface area contributed by atoms with Crippen LogP contribution in [0.5, 0.6) is 0 Å². The molecule has 1 aliphatic rings. The van der Waals surface area contributed by atoms with Crippen molar-refractivity contribution in [1.29, 1.82) is 0 Å². The number of ketones is 2. The van der Waals surface area contributed by atoms with Gasteiger partial charge in [0.1, 0.15) is 0 Å². The molecule has 5 heteroatoms. The summed E-state index contributed by atoms with van der Waals surface area (Å²) in [5.74, 6) is -1.58. The first-order valence-corrected chi connectivity index (χ1v) is 15.2. The smallest absolute Gasteiger partial charge is 0.381 e. The van der Waals surface area contributed by atoms with Gasteiger partial charge in [0.15, 0.2) is 12.6 Å². The van der Waals surface area contributed by atoms with Gasteiger partial charge in [-0.1, -0.05) is 109 Å². The third-order valence-corrected chi connectivity index (χ3v) is 8.18. The van der Waals surface area contributed by atoms with Gasteiger partial charge < -0.3 is 9.47 Å². The third-order valence-electron chi connectivity index (χ3n) is 8.18. The first-order valence-electron chi connectivity index (χ1n) is 15.2. The second kappa shape index (κ2) is 13.2. The molecule has 0 aromatic heterocycles. The second-order valence-corrected chi connectivity index (χ2v) is 12.7. The van der Waals surface area contributed by atoms with E-state index in [9.17, 15) is 14.4 Å². The monoisotopic (exact) mass is 568 g/mol. The molecule has 5 nitrogen and oxygen atoms in total. The molecule has 0 N–H and O–H groups in total. The number of ether oxygens (including phenoxy) is 2. The highest BCUT2D eigenvalue weighted by molar-refractivity contribution is 6.40. The van der Waals surface area contributed by atoms with Crippen LogP contribution in [0.2, 0.25) is 0 Å². The summed E-state index contributed by atoms with van der Waals surface area (Å²) in [6.07, 6.45) is 5.86. The van der Waals surface area contributed by atoms with Gasteiger partial charge in [0.05, 0.1) is 6.61 Å². The first kappa shape index (κ1) is 31.4. The van der Waals surface area contributed by atoms with E-state index in [0.717, 1.165) is 66.3 Å². The van der Waals surface area contributed by atoms with Crippen LogP contribution in [-0.4, -0.2) is 30.9 Å². The fourth-order valence-corrected chi connectivity index (χ4v) is 6.01. The van der Waals surface area contributed by atoms with Crippen molar-refractivity contribution in [3.63, 3.8) is 0 Å². The van der Waals surface area contributed by atoms with E-state index in [2.05, 4.69) is 26.0 Å². The van der Waals surface area contributed by atoms with Gasteiger partial charge in [-0.25, -0.2) is 4.79 Å². The molecule has 0 heterocycles. The normalized spacial score (nSPS) is 13.4. The topological polar surface area (TPSA) is 69.7 Å². The van der Waals surface area contributed by atoms with E-state index in [4.69, 9.17) is 9.47 Å². The van der Waals surface area contributed by atoms with Crippen molar-refractivity contribution in [2.75, 3.05) is 13.4 Å². The molecule has 0 fully saturated rings. The maximum absolute atomic E-state index is 13.7. The number of rotatable bonds is 13. The molecular formula is C37H44O5. The van der Waals surface area contributed by atoms with Crippen LogP contribution in [0, 0.1) is 12.3 Å². The van der Waals surface area contributed by atoms with E-state index in [-0.39, 0.29) is 23.4 Å². The lowest BCUT2D eigenvalue weighted by Crippen LogP contribution is -2.27. The first-order chi connectivity index (χ1) is 20.0. The Kier molecular flexibility index (Phi) is 9.83. The Bertz CT molecular complexity index is 1450. The number of carbonyl (C=O) groups is 3. The molecule has 0 saturated carbocycles. The zero-order valence-corrected chi connectivity index (χ0v) is 26.0. The lowest BCUT2D eigenvalue weighted by atomic mass is 9.70. The van der Waals surface area contributed by atoms with Crippen LogP contribution < -0.4 is 0 Å². The van der Waals surface area contributed by atoms with Crippen LogP contribution in [0.3, 0.4) is 0 Å². The van der Waals surface area contributed by atoms with Crippen LogP contribution in [0.25, 0.3) is 11.1 Å². The fourth-order valence-electron chi connectivity index (χ4n) is 6.01. The Labute approximate surface area is 250 Å². The standard InChI is InChI=1S/C37H44O5/c1-7-9-19-37(20-10-8-2)31-21-26(33(38)28-14-12-11-13-25(28)3)15-17-29(31)30-18-16-27(22-32(30)37)34(39)35(40)42-24-41-23-36(4,5)6/h11-18,21-22H,7-10,19-20,23-24H2,1-6H3. The molecular weight excluding hydrogens is 524 g/mol. The zero-order chi connectivity index (χ0) is 30.5. The molecule has 3 aromatic carbocycles. The number of unbranched alkanes of at least 4 members (excludes halogenated alkanes) is 2. The Morgan fingerprint density at radius 1 is 0.786 bits per heavy atom. The van der Waals surface area contributed by atoms with Crippen molar-refractivity contribution in [2.45, 2.75) is 85.5 Å². The molecule has 0 bridgehead atoms. The predicted molar refractivity (Wildman–Crippen MR) is 167 cm³/mol. The zero-order valence-electron chi connectivity index (χ0n) is 26.0. The number of fused-ring (bicyclic) bond motifs is 3. The van der Waals surface area contributed by atoms with E-state index in [1.807, 2.05) is 70.2 Å². The largest absolute Gasteiger partial charge is 0.432 e. The van der Waals surface area contributed by atoms with Crippen molar-refractivity contribution in [1.82, 2.24) is 0 Å². The minimum absolute atomic E-state index is 0.0130. The summed E-state index contributed by atoms with van der Waals surface area (Å²) in [7, 11) is 0. The molecule has 0 aliphatic heterocycles. The fraction of sp³-hybridized carbons (Fsp3) is 0.432. The number of Topliss-reactive ketones (excluding diaryl/α,β-unsaturated/α-hetero) is 1. The number of esters is 1. The number of hydrogen-bond donors (Lipinski definition) is 0. The lowest BCUT2D eigenvalue weighted by molar-refractivity contribution is -0.152.